The van der Waals surface area contributed by atoms with Crippen molar-refractivity contribution in [3.63, 3.8) is 0 Å². The fraction of sp³-hybridized carbons (Fsp3) is 0.765. The van der Waals surface area contributed by atoms with Gasteiger partial charge >= 0.3 is 23.9 Å². The standard InChI is InChI=1S/C34H44O8/c1-14-13-22-24-25(34(14)28(22)33(8,42-19(6)36)12-10-21-16(3)31(38)40-29(21)34)17(4)23-26(24)32(7,41-18(5)35)11-9-20-15(2)30(37)39-27(20)23/h13,15-16,20-22,24-29H,9-12H2,1-8H3/t15-,16-,20-,21-,22+,24-,25-,26-,27-,28-,29-,32+,33+,34+/m0/s1. The first-order valence-electron chi connectivity index (χ1n) is 15.9. The summed E-state index contributed by atoms with van der Waals surface area (Å²) in [4.78, 5) is 51.5. The van der Waals surface area contributed by atoms with Crippen LogP contribution in [0.5, 0.6) is 0 Å². The molecule has 228 valence electrons. The van der Waals surface area contributed by atoms with Crippen LogP contribution in [-0.2, 0) is 38.1 Å². The van der Waals surface area contributed by atoms with Crippen molar-refractivity contribution in [2.24, 2.45) is 58.7 Å². The van der Waals surface area contributed by atoms with E-state index >= 15 is 0 Å². The van der Waals surface area contributed by atoms with Crippen LogP contribution in [0.2, 0.25) is 0 Å². The van der Waals surface area contributed by atoms with E-state index in [1.165, 1.54) is 25.0 Å². The highest BCUT2D eigenvalue weighted by Gasteiger charge is 2.80. The number of allylic oxidation sites excluding steroid dienone is 2. The van der Waals surface area contributed by atoms with Gasteiger partial charge in [0.25, 0.3) is 0 Å². The van der Waals surface area contributed by atoms with Gasteiger partial charge in [-0.3, -0.25) is 19.2 Å². The third kappa shape index (κ3) is 3.25. The minimum absolute atomic E-state index is 0.00151. The predicted molar refractivity (Wildman–Crippen MR) is 150 cm³/mol. The highest BCUT2D eigenvalue weighted by molar-refractivity contribution is 5.77. The molecule has 0 amide bonds. The molecule has 2 bridgehead atoms. The molecule has 5 fully saturated rings. The predicted octanol–water partition coefficient (Wildman–Crippen LogP) is 4.94. The number of fused-ring (bicyclic) bond motifs is 7. The van der Waals surface area contributed by atoms with Crippen molar-refractivity contribution in [3.05, 3.63) is 22.8 Å². The maximum atomic E-state index is 13.2. The van der Waals surface area contributed by atoms with Gasteiger partial charge in [0.1, 0.15) is 23.4 Å². The monoisotopic (exact) mass is 580 g/mol. The molecule has 14 atom stereocenters. The number of hydrogen-bond acceptors (Lipinski definition) is 8. The Morgan fingerprint density at radius 2 is 1.43 bits per heavy atom. The van der Waals surface area contributed by atoms with Crippen molar-refractivity contribution in [3.8, 4) is 0 Å². The number of hydrogen-bond donors (Lipinski definition) is 0. The number of ether oxygens (including phenoxy) is 4. The minimum Gasteiger partial charge on any atom is -0.461 e. The normalized spacial score (nSPS) is 51.7. The summed E-state index contributed by atoms with van der Waals surface area (Å²) < 4.78 is 25.2. The van der Waals surface area contributed by atoms with Gasteiger partial charge in [-0.2, -0.15) is 0 Å². The second kappa shape index (κ2) is 8.72. The van der Waals surface area contributed by atoms with Crippen molar-refractivity contribution in [1.82, 2.24) is 0 Å². The molecule has 2 aliphatic heterocycles. The molecule has 8 nitrogen and oxygen atoms in total. The zero-order chi connectivity index (χ0) is 30.3. The number of rotatable bonds is 2. The Bertz CT molecular complexity index is 1360. The molecule has 8 heteroatoms. The highest BCUT2D eigenvalue weighted by Crippen LogP contribution is 2.79. The lowest BCUT2D eigenvalue weighted by Crippen LogP contribution is -2.52. The summed E-state index contributed by atoms with van der Waals surface area (Å²) in [6.45, 7) is 15.3. The molecule has 42 heavy (non-hydrogen) atoms. The fourth-order valence-electron chi connectivity index (χ4n) is 11.9. The summed E-state index contributed by atoms with van der Waals surface area (Å²) in [6.07, 6.45) is 4.39. The Morgan fingerprint density at radius 1 is 0.857 bits per heavy atom. The SMILES string of the molecule is CC(=O)O[C@]1(C)CC[C@H]2[C@H](C)C(=O)O[C@@H]2[C@]23C(C)=C[C@H]([C@H]4[C@@H]2C(C)=C2[C@H]5OC(=O)[C@@H](C)[C@@H]5CC[C@@](C)(OC(C)=O)[C@@H]24)[C@H]31. The molecule has 0 radical (unpaired) electrons. The molecule has 0 aromatic rings. The van der Waals surface area contributed by atoms with E-state index in [4.69, 9.17) is 18.9 Å². The lowest BCUT2D eigenvalue weighted by molar-refractivity contribution is -0.173. The van der Waals surface area contributed by atoms with Crippen molar-refractivity contribution >= 4 is 23.9 Å². The first-order valence-corrected chi connectivity index (χ1v) is 15.9. The molecule has 0 aromatic carbocycles. The van der Waals surface area contributed by atoms with E-state index in [0.29, 0.717) is 12.8 Å². The Hall–Kier alpha value is -2.64. The van der Waals surface area contributed by atoms with E-state index < -0.39 is 16.6 Å². The van der Waals surface area contributed by atoms with Crippen LogP contribution in [0.4, 0.5) is 0 Å². The van der Waals surface area contributed by atoms with E-state index in [2.05, 4.69) is 33.8 Å². The van der Waals surface area contributed by atoms with Crippen molar-refractivity contribution in [1.29, 1.82) is 0 Å². The molecule has 0 unspecified atom stereocenters. The molecule has 7 rings (SSSR count). The van der Waals surface area contributed by atoms with Crippen molar-refractivity contribution in [2.75, 3.05) is 0 Å². The van der Waals surface area contributed by atoms with Crippen LogP contribution in [-0.4, -0.2) is 47.3 Å². The topological polar surface area (TPSA) is 105 Å². The summed E-state index contributed by atoms with van der Waals surface area (Å²) in [6, 6.07) is 0. The zero-order valence-corrected chi connectivity index (χ0v) is 26.0. The summed E-state index contributed by atoms with van der Waals surface area (Å²) in [7, 11) is 0. The van der Waals surface area contributed by atoms with E-state index in [1.54, 1.807) is 0 Å². The van der Waals surface area contributed by atoms with Gasteiger partial charge in [0.05, 0.1) is 11.8 Å². The fourth-order valence-corrected chi connectivity index (χ4v) is 11.9. The Kier molecular flexibility index (Phi) is 5.84. The second-order valence-corrected chi connectivity index (χ2v) is 15.0. The van der Waals surface area contributed by atoms with Gasteiger partial charge in [0.2, 0.25) is 0 Å². The zero-order valence-electron chi connectivity index (χ0n) is 26.0. The lowest BCUT2D eigenvalue weighted by Gasteiger charge is -2.48. The van der Waals surface area contributed by atoms with E-state index in [1.807, 2.05) is 13.8 Å². The van der Waals surface area contributed by atoms with Gasteiger partial charge in [0.15, 0.2) is 0 Å². The largest absolute Gasteiger partial charge is 0.461 e. The molecule has 0 N–H and O–H groups in total. The molecule has 0 spiro atoms. The van der Waals surface area contributed by atoms with Crippen LogP contribution >= 0.6 is 0 Å². The molecular weight excluding hydrogens is 536 g/mol. The van der Waals surface area contributed by atoms with Crippen molar-refractivity contribution in [2.45, 2.75) is 104 Å². The number of esters is 4. The van der Waals surface area contributed by atoms with E-state index in [9.17, 15) is 19.2 Å². The van der Waals surface area contributed by atoms with Gasteiger partial charge in [0, 0.05) is 42.9 Å². The molecule has 7 aliphatic rings. The van der Waals surface area contributed by atoms with Crippen LogP contribution in [0.25, 0.3) is 0 Å². The van der Waals surface area contributed by atoms with E-state index in [-0.39, 0.29) is 89.3 Å². The first-order chi connectivity index (χ1) is 19.7. The van der Waals surface area contributed by atoms with Gasteiger partial charge in [-0.25, -0.2) is 0 Å². The molecule has 2 heterocycles. The molecule has 2 saturated heterocycles. The van der Waals surface area contributed by atoms with Crippen LogP contribution in [0.1, 0.15) is 81.1 Å². The Balaban J connectivity index is 1.48. The Labute approximate surface area is 247 Å². The van der Waals surface area contributed by atoms with Gasteiger partial charge < -0.3 is 18.9 Å². The first kappa shape index (κ1) is 28.1. The molecule has 0 aromatic heterocycles. The lowest BCUT2D eigenvalue weighted by atomic mass is 9.58. The van der Waals surface area contributed by atoms with Crippen LogP contribution in [0, 0.1) is 58.7 Å². The van der Waals surface area contributed by atoms with Gasteiger partial charge in [-0.1, -0.05) is 31.1 Å². The maximum absolute atomic E-state index is 13.2. The molecule has 3 saturated carbocycles. The minimum atomic E-state index is -0.794. The quantitative estimate of drug-likeness (QED) is 0.257. The van der Waals surface area contributed by atoms with Crippen LogP contribution in [0.15, 0.2) is 22.8 Å². The smallest absolute Gasteiger partial charge is 0.309 e. The average Bonchev–Trinajstić information content (AvgIpc) is 3.58. The summed E-state index contributed by atoms with van der Waals surface area (Å²) >= 11 is 0. The van der Waals surface area contributed by atoms with Crippen LogP contribution in [0.3, 0.4) is 0 Å². The third-order valence-corrected chi connectivity index (χ3v) is 13.1. The number of carbonyl (C=O) groups excluding carboxylic acids is 4. The second-order valence-electron chi connectivity index (χ2n) is 15.0. The van der Waals surface area contributed by atoms with Gasteiger partial charge in [-0.05, 0) is 76.7 Å². The third-order valence-electron chi connectivity index (χ3n) is 13.1. The van der Waals surface area contributed by atoms with E-state index in [0.717, 1.165) is 18.4 Å². The summed E-state index contributed by atoms with van der Waals surface area (Å²) in [5.41, 5.74) is 1.33. The molecule has 5 aliphatic carbocycles. The highest BCUT2D eigenvalue weighted by atomic mass is 16.6. The average molecular weight is 581 g/mol. The van der Waals surface area contributed by atoms with Gasteiger partial charge in [-0.15, -0.1) is 0 Å². The summed E-state index contributed by atoms with van der Waals surface area (Å²) in [5, 5.41) is 0. The number of carbonyl (C=O) groups is 4. The van der Waals surface area contributed by atoms with Crippen molar-refractivity contribution < 1.29 is 38.1 Å². The molecular formula is C34H44O8. The summed E-state index contributed by atoms with van der Waals surface area (Å²) in [5.74, 6) is -1.69. The maximum Gasteiger partial charge on any atom is 0.309 e. The Morgan fingerprint density at radius 3 is 2.10 bits per heavy atom. The van der Waals surface area contributed by atoms with Crippen LogP contribution < -0.4 is 0 Å².